The van der Waals surface area contributed by atoms with Crippen molar-refractivity contribution in [3.63, 3.8) is 0 Å². The third-order valence-corrected chi connectivity index (χ3v) is 10.1. The number of ketones is 2. The second-order valence-electron chi connectivity index (χ2n) is 15.2. The highest BCUT2D eigenvalue weighted by atomic mass is 16.4. The van der Waals surface area contributed by atoms with Crippen LogP contribution in [0.2, 0.25) is 0 Å². The third kappa shape index (κ3) is 13.9. The van der Waals surface area contributed by atoms with E-state index in [9.17, 15) is 73.2 Å². The molecular formula is C46H42N4O20. The van der Waals surface area contributed by atoms with Crippen LogP contribution < -0.4 is 16.0 Å². The summed E-state index contributed by atoms with van der Waals surface area (Å²) in [4.78, 5) is 125. The van der Waals surface area contributed by atoms with Gasteiger partial charge in [-0.05, 0) is 60.2 Å². The number of nitrogens with one attached hydrogen (secondary N) is 3. The minimum absolute atomic E-state index is 0.000278. The molecule has 366 valence electrons. The van der Waals surface area contributed by atoms with Gasteiger partial charge in [-0.3, -0.25) is 53.9 Å². The van der Waals surface area contributed by atoms with E-state index in [4.69, 9.17) is 25.5 Å². The molecule has 7 rings (SSSR count). The van der Waals surface area contributed by atoms with E-state index in [0.29, 0.717) is 10.5 Å². The lowest BCUT2D eigenvalue weighted by molar-refractivity contribution is -0.142. The number of aliphatic carboxylic acids is 4. The highest BCUT2D eigenvalue weighted by Gasteiger charge is 2.45. The second-order valence-corrected chi connectivity index (χ2v) is 15.2. The number of allylic oxidation sites excluding steroid dienone is 2. The number of phenolic OH excluding ortho intramolecular Hbond substituents is 3. The number of hydrogen-bond donors (Lipinski definition) is 12. The maximum Gasteiger partial charge on any atom is 0.331 e. The van der Waals surface area contributed by atoms with E-state index in [-0.39, 0.29) is 46.8 Å². The van der Waals surface area contributed by atoms with Crippen LogP contribution in [0.1, 0.15) is 45.5 Å². The number of carboxylic acid groups (broad SMARTS) is 4. The van der Waals surface area contributed by atoms with Crippen molar-refractivity contribution in [3.8, 4) is 17.2 Å². The number of para-hydroxylation sites is 2. The van der Waals surface area contributed by atoms with E-state index in [1.165, 1.54) is 66.8 Å². The standard InChI is InChI=1S/2C14H12O5.C10H10N4O7.C8H8O3/c15-11-6-2-1-5-10(11)12(16)14(19)7-3-4-9(8-14)13(17)18;15-11-4-2-1-3-10(11)12(16)14(19)7-5-9(6-8-14)13(17)18;15-5(1-3-7(18)12-9(20)11-3)14-4(2-6(16)17)8(19)13-10(14)21;9-7-3-1-6(2-4-7)5-8(10)11/h1-7,15,19H,8H2,(H,17,18);1-9,15,19H,(H,17,18);3-4H,1-2H2,(H,16,17)(H,13,19,21)(H2,11,12,18,20);1-4,9H,5H2,(H,10,11). The van der Waals surface area contributed by atoms with Gasteiger partial charge in [0.15, 0.2) is 11.2 Å². The fourth-order valence-corrected chi connectivity index (χ4v) is 6.56. The summed E-state index contributed by atoms with van der Waals surface area (Å²) >= 11 is 0. The van der Waals surface area contributed by atoms with Crippen LogP contribution >= 0.6 is 0 Å². The number of carboxylic acids is 4. The summed E-state index contributed by atoms with van der Waals surface area (Å²) in [6, 6.07) is 13.3. The summed E-state index contributed by atoms with van der Waals surface area (Å²) in [5, 5.41) is 89.2. The van der Waals surface area contributed by atoms with Gasteiger partial charge in [0.25, 0.3) is 11.8 Å². The van der Waals surface area contributed by atoms with E-state index in [2.05, 4.69) is 5.32 Å². The lowest BCUT2D eigenvalue weighted by Gasteiger charge is -2.25. The van der Waals surface area contributed by atoms with E-state index in [1.807, 2.05) is 10.6 Å². The van der Waals surface area contributed by atoms with Crippen LogP contribution in [0.25, 0.3) is 0 Å². The Kier molecular flexibility index (Phi) is 17.5. The number of Topliss-reactive ketones (excluding diaryl/α,β-unsaturated/α-hetero) is 2. The Morgan fingerprint density at radius 1 is 0.657 bits per heavy atom. The molecule has 2 heterocycles. The third-order valence-electron chi connectivity index (χ3n) is 10.1. The molecule has 7 amide bonds. The average molecular weight is 971 g/mol. The van der Waals surface area contributed by atoms with Crippen molar-refractivity contribution in [2.45, 2.75) is 49.0 Å². The van der Waals surface area contributed by atoms with E-state index >= 15 is 0 Å². The summed E-state index contributed by atoms with van der Waals surface area (Å²) in [5.41, 5.74) is -3.30. The topological polar surface area (TPSA) is 409 Å². The molecule has 0 radical (unpaired) electrons. The van der Waals surface area contributed by atoms with E-state index in [0.717, 1.165) is 12.2 Å². The largest absolute Gasteiger partial charge is 0.508 e. The Labute approximate surface area is 393 Å². The van der Waals surface area contributed by atoms with Gasteiger partial charge in [0.2, 0.25) is 17.5 Å². The zero-order valence-corrected chi connectivity index (χ0v) is 36.0. The number of aliphatic hydroxyl groups is 2. The molecule has 0 saturated carbocycles. The number of nitrogens with zero attached hydrogens (tertiary/aromatic N) is 1. The number of phenols is 3. The van der Waals surface area contributed by atoms with Crippen LogP contribution in [0.15, 0.2) is 121 Å². The quantitative estimate of drug-likeness (QED) is 0.0682. The molecule has 3 aromatic carbocycles. The highest BCUT2D eigenvalue weighted by molar-refractivity contribution is 6.14. The first-order valence-electron chi connectivity index (χ1n) is 20.2. The molecule has 2 aliphatic carbocycles. The van der Waals surface area contributed by atoms with Crippen LogP contribution in [0.3, 0.4) is 0 Å². The van der Waals surface area contributed by atoms with Gasteiger partial charge in [-0.1, -0.05) is 60.7 Å². The zero-order chi connectivity index (χ0) is 52.1. The number of amides is 7. The van der Waals surface area contributed by atoms with Gasteiger partial charge in [0, 0.05) is 12.0 Å². The van der Waals surface area contributed by atoms with Gasteiger partial charge in [0.05, 0.1) is 36.3 Å². The van der Waals surface area contributed by atoms with Crippen LogP contribution in [0, 0.1) is 5.92 Å². The van der Waals surface area contributed by atoms with Crippen molar-refractivity contribution >= 4 is 65.2 Å². The van der Waals surface area contributed by atoms with Gasteiger partial charge in [-0.25, -0.2) is 14.4 Å². The molecule has 2 fully saturated rings. The molecule has 24 heteroatoms. The predicted molar refractivity (Wildman–Crippen MR) is 235 cm³/mol. The second kappa shape index (κ2) is 22.9. The molecule has 3 aromatic rings. The zero-order valence-electron chi connectivity index (χ0n) is 36.0. The fourth-order valence-electron chi connectivity index (χ4n) is 6.56. The molecule has 24 nitrogen and oxygen atoms in total. The summed E-state index contributed by atoms with van der Waals surface area (Å²) in [5.74, 6) is -9.70. The lowest BCUT2D eigenvalue weighted by Crippen LogP contribution is -2.44. The molecule has 2 saturated heterocycles. The number of benzene rings is 3. The summed E-state index contributed by atoms with van der Waals surface area (Å²) in [6.07, 6.45) is 6.97. The van der Waals surface area contributed by atoms with Gasteiger partial charge in [0.1, 0.15) is 29.3 Å². The number of rotatable bonds is 12. The molecule has 4 aliphatic rings. The fraction of sp³-hybridized carbons (Fsp3) is 0.196. The maximum absolute atomic E-state index is 12.2. The Morgan fingerprint density at radius 2 is 1.21 bits per heavy atom. The van der Waals surface area contributed by atoms with Crippen molar-refractivity contribution in [3.05, 3.63) is 138 Å². The van der Waals surface area contributed by atoms with E-state index < -0.39 is 107 Å². The molecule has 3 unspecified atom stereocenters. The molecule has 12 N–H and O–H groups in total. The molecule has 0 aromatic heterocycles. The molecule has 70 heavy (non-hydrogen) atoms. The first-order chi connectivity index (χ1) is 32.8. The van der Waals surface area contributed by atoms with Crippen LogP contribution in [0.4, 0.5) is 9.59 Å². The number of aromatic hydroxyl groups is 3. The number of urea groups is 2. The van der Waals surface area contributed by atoms with Gasteiger partial charge in [-0.2, -0.15) is 0 Å². The van der Waals surface area contributed by atoms with E-state index in [1.54, 1.807) is 36.4 Å². The van der Waals surface area contributed by atoms with Crippen molar-refractivity contribution in [2.24, 2.45) is 5.92 Å². The minimum Gasteiger partial charge on any atom is -0.508 e. The highest BCUT2D eigenvalue weighted by Crippen LogP contribution is 2.31. The SMILES string of the molecule is O=C(O)C1=CC=CC(O)(C(=O)c2ccccc2O)C1.O=C(O)C1C=CC(O)(C(=O)c2ccccc2O)C=C1.O=C(O)CC1C(=O)NC(=O)N1C(=O)CC1NC(=O)NC1=O.O=C(O)Cc1ccc(O)cc1. The smallest absolute Gasteiger partial charge is 0.331 e. The van der Waals surface area contributed by atoms with Crippen LogP contribution in [-0.2, 0) is 40.0 Å². The Balaban J connectivity index is 0.000000207. The van der Waals surface area contributed by atoms with Crippen LogP contribution in [0.5, 0.6) is 17.2 Å². The molecule has 0 bridgehead atoms. The van der Waals surface area contributed by atoms with Crippen molar-refractivity contribution in [1.82, 2.24) is 20.9 Å². The van der Waals surface area contributed by atoms with Gasteiger partial charge in [-0.15, -0.1) is 0 Å². The van der Waals surface area contributed by atoms with Crippen molar-refractivity contribution < 1.29 is 98.7 Å². The maximum atomic E-state index is 12.2. The number of hydrogen-bond acceptors (Lipinski definition) is 16. The van der Waals surface area contributed by atoms with Gasteiger partial charge < -0.3 is 51.3 Å². The Morgan fingerprint density at radius 3 is 1.70 bits per heavy atom. The number of carbonyl (C=O) groups excluding carboxylic acids is 7. The number of carbonyl (C=O) groups is 11. The van der Waals surface area contributed by atoms with Gasteiger partial charge >= 0.3 is 35.9 Å². The summed E-state index contributed by atoms with van der Waals surface area (Å²) in [7, 11) is 0. The Hall–Kier alpha value is -9.29. The molecule has 2 aliphatic heterocycles. The molecule has 3 atom stereocenters. The number of imide groups is 3. The minimum atomic E-state index is -1.94. The van der Waals surface area contributed by atoms with Crippen molar-refractivity contribution in [1.29, 1.82) is 0 Å². The summed E-state index contributed by atoms with van der Waals surface area (Å²) < 4.78 is 0. The molecule has 0 spiro atoms. The van der Waals surface area contributed by atoms with Crippen molar-refractivity contribution in [2.75, 3.05) is 0 Å². The first kappa shape index (κ1) is 53.3. The normalized spacial score (nSPS) is 21.7. The summed E-state index contributed by atoms with van der Waals surface area (Å²) in [6.45, 7) is 0. The monoisotopic (exact) mass is 970 g/mol. The predicted octanol–water partition coefficient (Wildman–Crippen LogP) is 0.935. The van der Waals surface area contributed by atoms with Crippen LogP contribution in [-0.4, -0.2) is 139 Å². The Bertz CT molecular complexity index is 2730. The first-order valence-corrected chi connectivity index (χ1v) is 20.2. The molecular weight excluding hydrogens is 929 g/mol. The lowest BCUT2D eigenvalue weighted by atomic mass is 9.83. The average Bonchev–Trinajstić information content (AvgIpc) is 3.77.